The summed E-state index contributed by atoms with van der Waals surface area (Å²) in [5.74, 6) is 0.571. The molecule has 1 aromatic heterocycles. The molecule has 0 fully saturated rings. The van der Waals surface area contributed by atoms with E-state index in [-0.39, 0.29) is 23.5 Å². The number of rotatable bonds is 1. The van der Waals surface area contributed by atoms with Crippen LogP contribution in [0.25, 0.3) is 0 Å². The highest BCUT2D eigenvalue weighted by atomic mass is 35.5. The normalized spacial score (nSPS) is 8.55. The number of methoxy groups -OCH3 is 1. The molecule has 0 unspecified atom stereocenters. The number of ether oxygens (including phenoxy) is 1. The average molecular weight is 196 g/mol. The summed E-state index contributed by atoms with van der Waals surface area (Å²) in [6.07, 6.45) is 1.42. The van der Waals surface area contributed by atoms with Crippen LogP contribution in [0.3, 0.4) is 0 Å². The highest BCUT2D eigenvalue weighted by molar-refractivity contribution is 6.30. The van der Waals surface area contributed by atoms with Crippen LogP contribution in [0, 0.1) is 0 Å². The number of nitrogens with zero attached hydrogens (tertiary/aromatic N) is 2. The van der Waals surface area contributed by atoms with E-state index in [4.69, 9.17) is 22.1 Å². The Hall–Kier alpha value is -0.740. The van der Waals surface area contributed by atoms with Gasteiger partial charge in [0, 0.05) is 0 Å². The SMILES string of the molecule is COc1cnc(N)nc1Cl.Cl. The van der Waals surface area contributed by atoms with Gasteiger partial charge in [-0.15, -0.1) is 12.4 Å². The minimum atomic E-state index is 0. The summed E-state index contributed by atoms with van der Waals surface area (Å²) in [7, 11) is 1.49. The standard InChI is InChI=1S/C5H6ClN3O.ClH/c1-10-3-2-8-5(7)9-4(3)6;/h2H,1H3,(H2,7,8,9);1H. The van der Waals surface area contributed by atoms with Gasteiger partial charge in [0.15, 0.2) is 10.9 Å². The first-order valence-corrected chi connectivity index (χ1v) is 2.94. The van der Waals surface area contributed by atoms with E-state index in [0.717, 1.165) is 0 Å². The molecular weight excluding hydrogens is 189 g/mol. The Morgan fingerprint density at radius 3 is 2.73 bits per heavy atom. The van der Waals surface area contributed by atoms with Crippen molar-refractivity contribution in [1.82, 2.24) is 9.97 Å². The predicted molar refractivity (Wildman–Crippen MR) is 45.3 cm³/mol. The maximum atomic E-state index is 5.57. The Labute approximate surface area is 75.1 Å². The van der Waals surface area contributed by atoms with Crippen LogP contribution in [-0.4, -0.2) is 17.1 Å². The van der Waals surface area contributed by atoms with Gasteiger partial charge < -0.3 is 10.5 Å². The summed E-state index contributed by atoms with van der Waals surface area (Å²) in [6.45, 7) is 0. The summed E-state index contributed by atoms with van der Waals surface area (Å²) in [5.41, 5.74) is 5.22. The first kappa shape index (κ1) is 10.3. The van der Waals surface area contributed by atoms with Crippen molar-refractivity contribution in [2.75, 3.05) is 12.8 Å². The largest absolute Gasteiger partial charge is 0.492 e. The van der Waals surface area contributed by atoms with Gasteiger partial charge >= 0.3 is 0 Å². The third-order valence-electron chi connectivity index (χ3n) is 0.950. The lowest BCUT2D eigenvalue weighted by Crippen LogP contribution is -1.95. The van der Waals surface area contributed by atoms with Crippen LogP contribution in [0.5, 0.6) is 5.75 Å². The molecule has 4 nitrogen and oxygen atoms in total. The molecule has 0 spiro atoms. The van der Waals surface area contributed by atoms with Gasteiger partial charge in [-0.1, -0.05) is 11.6 Å². The van der Waals surface area contributed by atoms with Gasteiger partial charge in [-0.2, -0.15) is 4.98 Å². The molecule has 0 aromatic carbocycles. The van der Waals surface area contributed by atoms with Gasteiger partial charge in [0.25, 0.3) is 0 Å². The van der Waals surface area contributed by atoms with Crippen molar-refractivity contribution in [2.45, 2.75) is 0 Å². The van der Waals surface area contributed by atoms with Gasteiger partial charge in [0.1, 0.15) is 0 Å². The highest BCUT2D eigenvalue weighted by Crippen LogP contribution is 2.19. The fraction of sp³-hybridized carbons (Fsp3) is 0.200. The van der Waals surface area contributed by atoms with Gasteiger partial charge in [0.2, 0.25) is 5.95 Å². The van der Waals surface area contributed by atoms with E-state index in [1.165, 1.54) is 13.3 Å². The molecule has 0 saturated carbocycles. The van der Waals surface area contributed by atoms with Crippen molar-refractivity contribution >= 4 is 30.0 Å². The Balaban J connectivity index is 0.000001000. The molecule has 1 aromatic rings. The van der Waals surface area contributed by atoms with Crippen LogP contribution in [0.4, 0.5) is 5.95 Å². The molecular formula is C5H7Cl2N3O. The minimum absolute atomic E-state index is 0. The number of anilines is 1. The fourth-order valence-electron chi connectivity index (χ4n) is 0.499. The summed E-state index contributed by atoms with van der Waals surface area (Å²) < 4.78 is 4.79. The van der Waals surface area contributed by atoms with E-state index >= 15 is 0 Å². The molecule has 1 heterocycles. The summed E-state index contributed by atoms with van der Waals surface area (Å²) >= 11 is 5.57. The summed E-state index contributed by atoms with van der Waals surface area (Å²) in [6, 6.07) is 0. The first-order valence-electron chi connectivity index (χ1n) is 2.56. The highest BCUT2D eigenvalue weighted by Gasteiger charge is 2.00. The molecule has 2 N–H and O–H groups in total. The van der Waals surface area contributed by atoms with Crippen LogP contribution in [0.1, 0.15) is 0 Å². The van der Waals surface area contributed by atoms with E-state index in [9.17, 15) is 0 Å². The number of hydrogen-bond acceptors (Lipinski definition) is 4. The maximum absolute atomic E-state index is 5.57. The van der Waals surface area contributed by atoms with Gasteiger partial charge in [-0.3, -0.25) is 0 Å². The Kier molecular flexibility index (Phi) is 3.92. The lowest BCUT2D eigenvalue weighted by Gasteiger charge is -1.99. The minimum Gasteiger partial charge on any atom is -0.492 e. The maximum Gasteiger partial charge on any atom is 0.221 e. The van der Waals surface area contributed by atoms with Crippen molar-refractivity contribution in [1.29, 1.82) is 0 Å². The Morgan fingerprint density at radius 2 is 2.27 bits per heavy atom. The molecule has 0 atom stereocenters. The molecule has 0 radical (unpaired) electrons. The van der Waals surface area contributed by atoms with Gasteiger partial charge in [-0.25, -0.2) is 4.98 Å². The third kappa shape index (κ3) is 2.40. The monoisotopic (exact) mass is 195 g/mol. The van der Waals surface area contributed by atoms with Crippen molar-refractivity contribution in [2.24, 2.45) is 0 Å². The average Bonchev–Trinajstić information content (AvgIpc) is 1.88. The molecule has 0 aliphatic heterocycles. The second-order valence-electron chi connectivity index (χ2n) is 1.59. The van der Waals surface area contributed by atoms with Crippen molar-refractivity contribution in [3.63, 3.8) is 0 Å². The van der Waals surface area contributed by atoms with Crippen LogP contribution >= 0.6 is 24.0 Å². The molecule has 11 heavy (non-hydrogen) atoms. The number of halogens is 2. The molecule has 0 aliphatic carbocycles. The van der Waals surface area contributed by atoms with Crippen LogP contribution in [0.15, 0.2) is 6.20 Å². The summed E-state index contributed by atoms with van der Waals surface area (Å²) in [4.78, 5) is 7.32. The molecule has 62 valence electrons. The zero-order valence-corrected chi connectivity index (χ0v) is 7.32. The number of hydrogen-bond donors (Lipinski definition) is 1. The molecule has 0 bridgehead atoms. The van der Waals surface area contributed by atoms with E-state index < -0.39 is 0 Å². The summed E-state index contributed by atoms with van der Waals surface area (Å²) in [5, 5.41) is 0.231. The topological polar surface area (TPSA) is 61.0 Å². The predicted octanol–water partition coefficient (Wildman–Crippen LogP) is 1.14. The lowest BCUT2D eigenvalue weighted by molar-refractivity contribution is 0.411. The Morgan fingerprint density at radius 1 is 1.64 bits per heavy atom. The first-order chi connectivity index (χ1) is 4.74. The fourth-order valence-corrected chi connectivity index (χ4v) is 0.712. The number of nitrogens with two attached hydrogens (primary N) is 1. The van der Waals surface area contributed by atoms with E-state index in [2.05, 4.69) is 9.97 Å². The van der Waals surface area contributed by atoms with Crippen molar-refractivity contribution < 1.29 is 4.74 Å². The molecule has 0 amide bonds. The molecule has 0 saturated heterocycles. The van der Waals surface area contributed by atoms with Crippen molar-refractivity contribution in [3.8, 4) is 5.75 Å². The Bertz CT molecular complexity index is 243. The lowest BCUT2D eigenvalue weighted by atomic mass is 10.6. The second kappa shape index (κ2) is 4.20. The quantitative estimate of drug-likeness (QED) is 0.684. The van der Waals surface area contributed by atoms with Crippen LogP contribution in [-0.2, 0) is 0 Å². The van der Waals surface area contributed by atoms with E-state index in [0.29, 0.717) is 5.75 Å². The molecule has 1 rings (SSSR count). The zero-order valence-electron chi connectivity index (χ0n) is 5.74. The van der Waals surface area contributed by atoms with Gasteiger partial charge in [0.05, 0.1) is 13.3 Å². The third-order valence-corrected chi connectivity index (χ3v) is 1.22. The second-order valence-corrected chi connectivity index (χ2v) is 1.95. The van der Waals surface area contributed by atoms with Crippen molar-refractivity contribution in [3.05, 3.63) is 11.3 Å². The zero-order chi connectivity index (χ0) is 7.56. The van der Waals surface area contributed by atoms with Crippen LogP contribution < -0.4 is 10.5 Å². The smallest absolute Gasteiger partial charge is 0.221 e. The molecule has 6 heteroatoms. The number of aromatic nitrogens is 2. The van der Waals surface area contributed by atoms with E-state index in [1.54, 1.807) is 0 Å². The molecule has 0 aliphatic rings. The van der Waals surface area contributed by atoms with Gasteiger partial charge in [-0.05, 0) is 0 Å². The van der Waals surface area contributed by atoms with Crippen LogP contribution in [0.2, 0.25) is 5.15 Å². The number of nitrogen functional groups attached to an aromatic ring is 1. The van der Waals surface area contributed by atoms with E-state index in [1.807, 2.05) is 0 Å².